The van der Waals surface area contributed by atoms with Gasteiger partial charge in [0.25, 0.3) is 0 Å². The van der Waals surface area contributed by atoms with Crippen molar-refractivity contribution in [2.24, 2.45) is 17.3 Å². The largest absolute Gasteiger partial charge is 0.462 e. The van der Waals surface area contributed by atoms with Gasteiger partial charge in [0.1, 0.15) is 6.10 Å². The Labute approximate surface area is 99.8 Å². The highest BCUT2D eigenvalue weighted by atomic mass is 16.5. The monoisotopic (exact) mass is 226 g/mol. The summed E-state index contributed by atoms with van der Waals surface area (Å²) in [5.74, 6) is 1.22. The van der Waals surface area contributed by atoms with Crippen LogP contribution in [0.5, 0.6) is 0 Å². The molecule has 0 radical (unpaired) electrons. The average Bonchev–Trinajstić information content (AvgIpc) is 2.19. The molecule has 0 amide bonds. The molecule has 0 aromatic carbocycles. The number of ether oxygens (including phenoxy) is 1. The lowest BCUT2D eigenvalue weighted by Crippen LogP contribution is -2.35. The third kappa shape index (κ3) is 3.50. The lowest BCUT2D eigenvalue weighted by Gasteiger charge is -2.40. The minimum Gasteiger partial charge on any atom is -0.462 e. The Balaban J connectivity index is 2.49. The zero-order valence-corrected chi connectivity index (χ0v) is 11.4. The smallest absolute Gasteiger partial charge is 0.305 e. The fourth-order valence-electron chi connectivity index (χ4n) is 2.58. The molecule has 16 heavy (non-hydrogen) atoms. The van der Waals surface area contributed by atoms with E-state index in [0.717, 1.165) is 12.3 Å². The summed E-state index contributed by atoms with van der Waals surface area (Å²) < 4.78 is 5.47. The molecule has 3 atom stereocenters. The topological polar surface area (TPSA) is 26.3 Å². The van der Waals surface area contributed by atoms with Gasteiger partial charge in [-0.25, -0.2) is 0 Å². The van der Waals surface area contributed by atoms with E-state index in [4.69, 9.17) is 4.74 Å². The molecule has 0 aromatic rings. The van der Waals surface area contributed by atoms with Crippen molar-refractivity contribution >= 4 is 5.97 Å². The van der Waals surface area contributed by atoms with Gasteiger partial charge in [-0.3, -0.25) is 4.79 Å². The van der Waals surface area contributed by atoms with Crippen molar-refractivity contribution in [1.82, 2.24) is 0 Å². The van der Waals surface area contributed by atoms with Gasteiger partial charge in [0.15, 0.2) is 0 Å². The highest BCUT2D eigenvalue weighted by molar-refractivity contribution is 5.69. The van der Waals surface area contributed by atoms with Crippen molar-refractivity contribution in [1.29, 1.82) is 0 Å². The Morgan fingerprint density at radius 1 is 1.31 bits per heavy atom. The van der Waals surface area contributed by atoms with Gasteiger partial charge in [0.05, 0.1) is 0 Å². The minimum atomic E-state index is -0.0499. The van der Waals surface area contributed by atoms with Crippen molar-refractivity contribution in [2.75, 3.05) is 0 Å². The molecule has 0 bridgehead atoms. The van der Waals surface area contributed by atoms with Gasteiger partial charge in [-0.2, -0.15) is 0 Å². The first-order chi connectivity index (χ1) is 7.34. The molecular weight excluding hydrogens is 200 g/mol. The predicted molar refractivity (Wildman–Crippen MR) is 66.1 cm³/mol. The van der Waals surface area contributed by atoms with E-state index in [1.54, 1.807) is 0 Å². The maximum atomic E-state index is 11.3. The molecule has 2 heteroatoms. The third-order valence-electron chi connectivity index (χ3n) is 3.89. The van der Waals surface area contributed by atoms with E-state index < -0.39 is 0 Å². The minimum absolute atomic E-state index is 0.0499. The van der Waals surface area contributed by atoms with Gasteiger partial charge < -0.3 is 4.74 Å². The SMILES string of the molecule is CCC(=O)OC1CCC(C(C)(C)C)CC1C. The highest BCUT2D eigenvalue weighted by Gasteiger charge is 2.35. The van der Waals surface area contributed by atoms with Crippen LogP contribution in [-0.2, 0) is 9.53 Å². The summed E-state index contributed by atoms with van der Waals surface area (Å²) in [4.78, 5) is 11.3. The van der Waals surface area contributed by atoms with Crippen molar-refractivity contribution in [2.45, 2.75) is 66.4 Å². The predicted octanol–water partition coefficient (Wildman–Crippen LogP) is 3.79. The van der Waals surface area contributed by atoms with Crippen LogP contribution in [0.2, 0.25) is 0 Å². The van der Waals surface area contributed by atoms with Gasteiger partial charge >= 0.3 is 5.97 Å². The van der Waals surface area contributed by atoms with Crippen LogP contribution >= 0.6 is 0 Å². The molecule has 2 nitrogen and oxygen atoms in total. The number of hydrogen-bond acceptors (Lipinski definition) is 2. The summed E-state index contributed by atoms with van der Waals surface area (Å²) in [7, 11) is 0. The first-order valence-electron chi connectivity index (χ1n) is 6.54. The molecule has 1 rings (SSSR count). The molecule has 3 unspecified atom stereocenters. The lowest BCUT2D eigenvalue weighted by atomic mass is 9.68. The summed E-state index contributed by atoms with van der Waals surface area (Å²) in [5.41, 5.74) is 0.383. The van der Waals surface area contributed by atoms with Crippen molar-refractivity contribution in [3.05, 3.63) is 0 Å². The highest BCUT2D eigenvalue weighted by Crippen LogP contribution is 2.41. The van der Waals surface area contributed by atoms with E-state index in [1.165, 1.54) is 12.8 Å². The van der Waals surface area contributed by atoms with E-state index in [2.05, 4.69) is 27.7 Å². The summed E-state index contributed by atoms with van der Waals surface area (Å²) in [6.07, 6.45) is 4.06. The van der Waals surface area contributed by atoms with Crippen LogP contribution in [0.4, 0.5) is 0 Å². The molecule has 1 fully saturated rings. The molecule has 94 valence electrons. The summed E-state index contributed by atoms with van der Waals surface area (Å²) in [5, 5.41) is 0. The van der Waals surface area contributed by atoms with Crippen molar-refractivity contribution in [3.8, 4) is 0 Å². The Morgan fingerprint density at radius 2 is 1.94 bits per heavy atom. The summed E-state index contributed by atoms with van der Waals surface area (Å²) >= 11 is 0. The van der Waals surface area contributed by atoms with E-state index in [-0.39, 0.29) is 12.1 Å². The summed E-state index contributed by atoms with van der Waals surface area (Å²) in [6, 6.07) is 0. The van der Waals surface area contributed by atoms with Crippen LogP contribution in [-0.4, -0.2) is 12.1 Å². The Bertz CT molecular complexity index is 240. The Morgan fingerprint density at radius 3 is 2.38 bits per heavy atom. The second-order valence-corrected chi connectivity index (χ2v) is 6.24. The molecule has 0 aliphatic heterocycles. The average molecular weight is 226 g/mol. The zero-order chi connectivity index (χ0) is 12.3. The normalized spacial score (nSPS) is 31.2. The van der Waals surface area contributed by atoms with Crippen LogP contribution in [0.15, 0.2) is 0 Å². The zero-order valence-electron chi connectivity index (χ0n) is 11.4. The van der Waals surface area contributed by atoms with Crippen LogP contribution in [0.1, 0.15) is 60.3 Å². The van der Waals surface area contributed by atoms with Gasteiger partial charge in [-0.1, -0.05) is 34.6 Å². The number of rotatable bonds is 2. The summed E-state index contributed by atoms with van der Waals surface area (Å²) in [6.45, 7) is 11.0. The first-order valence-corrected chi connectivity index (χ1v) is 6.54. The fourth-order valence-corrected chi connectivity index (χ4v) is 2.58. The van der Waals surface area contributed by atoms with E-state index >= 15 is 0 Å². The molecule has 0 saturated heterocycles. The molecule has 0 aromatic heterocycles. The quantitative estimate of drug-likeness (QED) is 0.670. The van der Waals surface area contributed by atoms with Crippen LogP contribution in [0.3, 0.4) is 0 Å². The number of carbonyl (C=O) groups excluding carboxylic acids is 1. The standard InChI is InChI=1S/C14H26O2/c1-6-13(15)16-12-8-7-11(9-10(12)2)14(3,4)5/h10-12H,6-9H2,1-5H3. The van der Waals surface area contributed by atoms with Gasteiger partial charge in [-0.15, -0.1) is 0 Å². The van der Waals surface area contributed by atoms with Crippen LogP contribution < -0.4 is 0 Å². The second-order valence-electron chi connectivity index (χ2n) is 6.24. The van der Waals surface area contributed by atoms with Gasteiger partial charge in [0, 0.05) is 6.42 Å². The lowest BCUT2D eigenvalue weighted by molar-refractivity contribution is -0.154. The first kappa shape index (κ1) is 13.5. The van der Waals surface area contributed by atoms with E-state index in [9.17, 15) is 4.79 Å². The molecule has 0 heterocycles. The molecule has 1 saturated carbocycles. The van der Waals surface area contributed by atoms with Gasteiger partial charge in [-0.05, 0) is 36.5 Å². The van der Waals surface area contributed by atoms with Crippen LogP contribution in [0, 0.1) is 17.3 Å². The maximum absolute atomic E-state index is 11.3. The van der Waals surface area contributed by atoms with E-state index in [0.29, 0.717) is 17.8 Å². The molecular formula is C14H26O2. The van der Waals surface area contributed by atoms with Gasteiger partial charge in [0.2, 0.25) is 0 Å². The number of carbonyl (C=O) groups is 1. The molecule has 0 spiro atoms. The van der Waals surface area contributed by atoms with Crippen molar-refractivity contribution in [3.63, 3.8) is 0 Å². The second kappa shape index (κ2) is 5.20. The molecule has 0 N–H and O–H groups in total. The van der Waals surface area contributed by atoms with Crippen LogP contribution in [0.25, 0.3) is 0 Å². The van der Waals surface area contributed by atoms with E-state index in [1.807, 2.05) is 6.92 Å². The molecule has 1 aliphatic carbocycles. The maximum Gasteiger partial charge on any atom is 0.305 e. The number of hydrogen-bond donors (Lipinski definition) is 0. The Kier molecular flexibility index (Phi) is 4.40. The number of esters is 1. The van der Waals surface area contributed by atoms with Crippen molar-refractivity contribution < 1.29 is 9.53 Å². The fraction of sp³-hybridized carbons (Fsp3) is 0.929. The molecule has 1 aliphatic rings. The third-order valence-corrected chi connectivity index (χ3v) is 3.89. The Hall–Kier alpha value is -0.530.